The Hall–Kier alpha value is -2.44. The summed E-state index contributed by atoms with van der Waals surface area (Å²) in [5, 5.41) is 5.51. The lowest BCUT2D eigenvalue weighted by atomic mass is 10.1. The SMILES string of the molecule is CC(N)CCC(=O)NCc1ccc(C(=O)Nc2ccc(F)cc2)cc1.Cl. The van der Waals surface area contributed by atoms with Crippen LogP contribution in [0.2, 0.25) is 0 Å². The van der Waals surface area contributed by atoms with Gasteiger partial charge in [-0.15, -0.1) is 12.4 Å². The molecular formula is C19H23ClFN3O2. The first-order chi connectivity index (χ1) is 11.9. The number of rotatable bonds is 7. The number of carbonyl (C=O) groups excluding carboxylic acids is 2. The molecule has 0 saturated heterocycles. The first-order valence-corrected chi connectivity index (χ1v) is 8.12. The van der Waals surface area contributed by atoms with Crippen LogP contribution in [0.15, 0.2) is 48.5 Å². The minimum atomic E-state index is -0.356. The third-order valence-electron chi connectivity index (χ3n) is 3.63. The highest BCUT2D eigenvalue weighted by atomic mass is 35.5. The third-order valence-corrected chi connectivity index (χ3v) is 3.63. The molecule has 1 atom stereocenters. The van der Waals surface area contributed by atoms with Crippen molar-refractivity contribution >= 4 is 29.9 Å². The average molecular weight is 380 g/mol. The molecule has 0 aliphatic heterocycles. The Morgan fingerprint density at radius 2 is 1.69 bits per heavy atom. The fraction of sp³-hybridized carbons (Fsp3) is 0.263. The zero-order valence-electron chi connectivity index (χ0n) is 14.5. The molecule has 0 aromatic heterocycles. The van der Waals surface area contributed by atoms with Crippen LogP contribution in [-0.4, -0.2) is 17.9 Å². The number of carbonyl (C=O) groups is 2. The maximum absolute atomic E-state index is 12.9. The van der Waals surface area contributed by atoms with E-state index in [1.807, 2.05) is 6.92 Å². The van der Waals surface area contributed by atoms with Gasteiger partial charge in [0, 0.05) is 30.3 Å². The normalized spacial score (nSPS) is 11.2. The van der Waals surface area contributed by atoms with Gasteiger partial charge in [0.2, 0.25) is 5.91 Å². The topological polar surface area (TPSA) is 84.2 Å². The van der Waals surface area contributed by atoms with Gasteiger partial charge in [0.05, 0.1) is 0 Å². The third kappa shape index (κ3) is 7.21. The Balaban J connectivity index is 0.00000338. The predicted octanol–water partition coefficient (Wildman–Crippen LogP) is 3.24. The van der Waals surface area contributed by atoms with Gasteiger partial charge in [0.15, 0.2) is 0 Å². The van der Waals surface area contributed by atoms with E-state index in [4.69, 9.17) is 5.73 Å². The van der Waals surface area contributed by atoms with E-state index in [2.05, 4.69) is 10.6 Å². The van der Waals surface area contributed by atoms with Crippen molar-refractivity contribution in [3.8, 4) is 0 Å². The van der Waals surface area contributed by atoms with Crippen LogP contribution in [0.5, 0.6) is 0 Å². The highest BCUT2D eigenvalue weighted by molar-refractivity contribution is 6.04. The van der Waals surface area contributed by atoms with Gasteiger partial charge in [0.1, 0.15) is 5.82 Å². The molecule has 1 unspecified atom stereocenters. The zero-order chi connectivity index (χ0) is 18.2. The van der Waals surface area contributed by atoms with Crippen molar-refractivity contribution in [2.75, 3.05) is 5.32 Å². The van der Waals surface area contributed by atoms with Gasteiger partial charge in [0.25, 0.3) is 5.91 Å². The molecule has 0 heterocycles. The van der Waals surface area contributed by atoms with Gasteiger partial charge in [-0.2, -0.15) is 0 Å². The predicted molar refractivity (Wildman–Crippen MR) is 103 cm³/mol. The Bertz CT molecular complexity index is 719. The van der Waals surface area contributed by atoms with Crippen LogP contribution in [0.25, 0.3) is 0 Å². The molecular weight excluding hydrogens is 357 g/mol. The molecule has 2 rings (SSSR count). The van der Waals surface area contributed by atoms with Crippen LogP contribution in [0.3, 0.4) is 0 Å². The molecule has 4 N–H and O–H groups in total. The zero-order valence-corrected chi connectivity index (χ0v) is 15.3. The standard InChI is InChI=1S/C19H22FN3O2.ClH/c1-13(21)2-11-18(24)22-12-14-3-5-15(6-4-14)19(25)23-17-9-7-16(20)8-10-17;/h3-10,13H,2,11-12,21H2,1H3,(H,22,24)(H,23,25);1H. The van der Waals surface area contributed by atoms with E-state index in [1.54, 1.807) is 24.3 Å². The number of benzene rings is 2. The number of halogens is 2. The molecule has 0 spiro atoms. The Morgan fingerprint density at radius 3 is 2.27 bits per heavy atom. The van der Waals surface area contributed by atoms with Gasteiger partial charge in [-0.25, -0.2) is 4.39 Å². The number of nitrogens with two attached hydrogens (primary N) is 1. The fourth-order valence-electron chi connectivity index (χ4n) is 2.16. The largest absolute Gasteiger partial charge is 0.352 e. The molecule has 2 aromatic rings. The molecule has 0 radical (unpaired) electrons. The van der Waals surface area contributed by atoms with Crippen LogP contribution in [-0.2, 0) is 11.3 Å². The van der Waals surface area contributed by atoms with E-state index in [1.165, 1.54) is 24.3 Å². The van der Waals surface area contributed by atoms with Crippen LogP contribution in [0.1, 0.15) is 35.7 Å². The van der Waals surface area contributed by atoms with E-state index < -0.39 is 0 Å². The maximum atomic E-state index is 12.9. The summed E-state index contributed by atoms with van der Waals surface area (Å²) in [6, 6.07) is 12.5. The Kier molecular flexibility index (Phi) is 8.75. The van der Waals surface area contributed by atoms with Crippen molar-refractivity contribution in [1.82, 2.24) is 5.32 Å². The van der Waals surface area contributed by atoms with Crippen LogP contribution in [0, 0.1) is 5.82 Å². The lowest BCUT2D eigenvalue weighted by Crippen LogP contribution is -2.25. The maximum Gasteiger partial charge on any atom is 0.255 e. The van der Waals surface area contributed by atoms with Crippen LogP contribution < -0.4 is 16.4 Å². The first-order valence-electron chi connectivity index (χ1n) is 8.12. The van der Waals surface area contributed by atoms with Crippen LogP contribution in [0.4, 0.5) is 10.1 Å². The summed E-state index contributed by atoms with van der Waals surface area (Å²) in [5.74, 6) is -0.681. The second-order valence-corrected chi connectivity index (χ2v) is 5.95. The monoisotopic (exact) mass is 379 g/mol. The summed E-state index contributed by atoms with van der Waals surface area (Å²) in [5.41, 5.74) is 7.52. The summed E-state index contributed by atoms with van der Waals surface area (Å²) in [6.07, 6.45) is 1.05. The molecule has 0 aliphatic carbocycles. The van der Waals surface area contributed by atoms with E-state index in [9.17, 15) is 14.0 Å². The molecule has 0 fully saturated rings. The molecule has 2 aromatic carbocycles. The molecule has 140 valence electrons. The first kappa shape index (κ1) is 21.6. The number of hydrogen-bond acceptors (Lipinski definition) is 3. The van der Waals surface area contributed by atoms with Gasteiger partial charge < -0.3 is 16.4 Å². The number of anilines is 1. The fourth-order valence-corrected chi connectivity index (χ4v) is 2.16. The van der Waals surface area contributed by atoms with E-state index in [-0.39, 0.29) is 36.1 Å². The summed E-state index contributed by atoms with van der Waals surface area (Å²) in [7, 11) is 0. The molecule has 2 amide bonds. The van der Waals surface area contributed by atoms with Crippen LogP contribution >= 0.6 is 12.4 Å². The summed E-state index contributed by atoms with van der Waals surface area (Å²) >= 11 is 0. The van der Waals surface area contributed by atoms with E-state index in [0.717, 1.165) is 5.56 Å². The molecule has 7 heteroatoms. The highest BCUT2D eigenvalue weighted by Gasteiger charge is 2.07. The van der Waals surface area contributed by atoms with Gasteiger partial charge in [-0.1, -0.05) is 12.1 Å². The second kappa shape index (κ2) is 10.5. The van der Waals surface area contributed by atoms with Crippen molar-refractivity contribution < 1.29 is 14.0 Å². The van der Waals surface area contributed by atoms with Crippen molar-refractivity contribution in [3.63, 3.8) is 0 Å². The van der Waals surface area contributed by atoms with Gasteiger partial charge in [-0.3, -0.25) is 9.59 Å². The van der Waals surface area contributed by atoms with Crippen molar-refractivity contribution in [2.24, 2.45) is 5.73 Å². The average Bonchev–Trinajstić information content (AvgIpc) is 2.60. The summed E-state index contributed by atoms with van der Waals surface area (Å²) in [6.45, 7) is 2.26. The minimum absolute atomic E-state index is 0. The smallest absolute Gasteiger partial charge is 0.255 e. The molecule has 0 bridgehead atoms. The quantitative estimate of drug-likeness (QED) is 0.690. The summed E-state index contributed by atoms with van der Waals surface area (Å²) in [4.78, 5) is 23.8. The summed E-state index contributed by atoms with van der Waals surface area (Å²) < 4.78 is 12.9. The lowest BCUT2D eigenvalue weighted by molar-refractivity contribution is -0.121. The lowest BCUT2D eigenvalue weighted by Gasteiger charge is -2.08. The Labute approximate surface area is 158 Å². The van der Waals surface area contributed by atoms with Crippen molar-refractivity contribution in [3.05, 3.63) is 65.5 Å². The number of nitrogens with one attached hydrogen (secondary N) is 2. The number of amides is 2. The molecule has 0 aliphatic rings. The Morgan fingerprint density at radius 1 is 1.08 bits per heavy atom. The van der Waals surface area contributed by atoms with Gasteiger partial charge in [-0.05, 0) is 55.3 Å². The minimum Gasteiger partial charge on any atom is -0.352 e. The highest BCUT2D eigenvalue weighted by Crippen LogP contribution is 2.11. The molecule has 26 heavy (non-hydrogen) atoms. The molecule has 0 saturated carbocycles. The van der Waals surface area contributed by atoms with Gasteiger partial charge >= 0.3 is 0 Å². The van der Waals surface area contributed by atoms with E-state index in [0.29, 0.717) is 30.6 Å². The van der Waals surface area contributed by atoms with E-state index >= 15 is 0 Å². The van der Waals surface area contributed by atoms with Crippen molar-refractivity contribution in [1.29, 1.82) is 0 Å². The van der Waals surface area contributed by atoms with Crippen molar-refractivity contribution in [2.45, 2.75) is 32.4 Å². The molecule has 5 nitrogen and oxygen atoms in total. The number of hydrogen-bond donors (Lipinski definition) is 3. The second-order valence-electron chi connectivity index (χ2n) is 5.95.